The second-order valence-electron chi connectivity index (χ2n) is 10.0. The van der Waals surface area contributed by atoms with E-state index in [1.54, 1.807) is 6.07 Å². The largest absolute Gasteiger partial charge is 0.465 e. The summed E-state index contributed by atoms with van der Waals surface area (Å²) in [5, 5.41) is 14.8. The maximum Gasteiger partial charge on any atom is 0.338 e. The molecule has 3 aromatic rings. The van der Waals surface area contributed by atoms with Crippen LogP contribution in [0.5, 0.6) is 0 Å². The van der Waals surface area contributed by atoms with Crippen molar-refractivity contribution in [3.05, 3.63) is 97.3 Å². The van der Waals surface area contributed by atoms with Crippen LogP contribution in [0.15, 0.2) is 54.6 Å². The van der Waals surface area contributed by atoms with Gasteiger partial charge in [0.25, 0.3) is 11.6 Å². The highest BCUT2D eigenvalue weighted by atomic mass is 35.5. The minimum absolute atomic E-state index is 0.0782. The molecule has 0 aliphatic carbocycles. The SMILES string of the molecule is COC(=O)c1ccc(N2C[C@H]3[C@@H](C2=O)[C@H](c2cccc(Cl)c2F)[C@]2(C(=O)Nc4cc(Cl)ccc42)N3C=O)c([N+](=O)[O-])c1. The van der Waals surface area contributed by atoms with Gasteiger partial charge in [0.1, 0.15) is 11.5 Å². The van der Waals surface area contributed by atoms with Crippen LogP contribution in [0.3, 0.4) is 0 Å². The Morgan fingerprint density at radius 1 is 1.19 bits per heavy atom. The molecule has 3 aliphatic rings. The molecule has 4 atom stereocenters. The van der Waals surface area contributed by atoms with Gasteiger partial charge >= 0.3 is 5.97 Å². The number of hydrogen-bond acceptors (Lipinski definition) is 7. The highest BCUT2D eigenvalue weighted by Crippen LogP contribution is 2.61. The Labute approximate surface area is 246 Å². The summed E-state index contributed by atoms with van der Waals surface area (Å²) in [4.78, 5) is 66.6. The fraction of sp³-hybridized carbons (Fsp3) is 0.214. The fourth-order valence-corrected chi connectivity index (χ4v) is 6.95. The van der Waals surface area contributed by atoms with Crippen molar-refractivity contribution >= 4 is 64.5 Å². The minimum atomic E-state index is -1.86. The lowest BCUT2D eigenvalue weighted by Gasteiger charge is -2.38. The Balaban J connectivity index is 1.56. The zero-order chi connectivity index (χ0) is 30.1. The molecular formula is C28H19Cl2FN4O7. The molecule has 11 nitrogen and oxygen atoms in total. The van der Waals surface area contributed by atoms with Crippen LogP contribution in [0.2, 0.25) is 10.0 Å². The first-order valence-corrected chi connectivity index (χ1v) is 13.3. The summed E-state index contributed by atoms with van der Waals surface area (Å²) >= 11 is 12.3. The molecule has 42 heavy (non-hydrogen) atoms. The van der Waals surface area contributed by atoms with Crippen LogP contribution >= 0.6 is 23.2 Å². The lowest BCUT2D eigenvalue weighted by atomic mass is 9.71. The number of carbonyl (C=O) groups excluding carboxylic acids is 4. The second-order valence-corrected chi connectivity index (χ2v) is 10.9. The first-order valence-electron chi connectivity index (χ1n) is 12.5. The number of nitrogens with one attached hydrogen (secondary N) is 1. The van der Waals surface area contributed by atoms with Crippen LogP contribution in [-0.2, 0) is 24.7 Å². The second kappa shape index (κ2) is 9.78. The van der Waals surface area contributed by atoms with Gasteiger partial charge in [-0.25, -0.2) is 9.18 Å². The van der Waals surface area contributed by atoms with E-state index >= 15 is 4.39 Å². The number of fused-ring (bicyclic) bond motifs is 3. The maximum absolute atomic E-state index is 15.8. The van der Waals surface area contributed by atoms with Crippen LogP contribution in [0.25, 0.3) is 0 Å². The summed E-state index contributed by atoms with van der Waals surface area (Å²) in [6.45, 7) is -0.253. The predicted molar refractivity (Wildman–Crippen MR) is 148 cm³/mol. The van der Waals surface area contributed by atoms with Gasteiger partial charge in [0.05, 0.1) is 34.6 Å². The van der Waals surface area contributed by atoms with Gasteiger partial charge in [0.2, 0.25) is 12.3 Å². The fourth-order valence-electron chi connectivity index (χ4n) is 6.60. The number of likely N-dealkylation sites (tertiary alicyclic amines) is 1. The van der Waals surface area contributed by atoms with Gasteiger partial charge in [0.15, 0.2) is 5.54 Å². The lowest BCUT2D eigenvalue weighted by Crippen LogP contribution is -2.53. The third-order valence-electron chi connectivity index (χ3n) is 8.21. The van der Waals surface area contributed by atoms with E-state index in [4.69, 9.17) is 23.2 Å². The van der Waals surface area contributed by atoms with Gasteiger partial charge in [-0.3, -0.25) is 24.5 Å². The molecule has 0 saturated carbocycles. The molecule has 3 heterocycles. The predicted octanol–water partition coefficient (Wildman–Crippen LogP) is 4.26. The number of amides is 3. The van der Waals surface area contributed by atoms with Crippen molar-refractivity contribution in [1.29, 1.82) is 0 Å². The number of halogens is 3. The Hall–Kier alpha value is -4.55. The number of esters is 1. The van der Waals surface area contributed by atoms with E-state index in [0.29, 0.717) is 22.7 Å². The minimum Gasteiger partial charge on any atom is -0.465 e. The van der Waals surface area contributed by atoms with Crippen molar-refractivity contribution in [1.82, 2.24) is 4.90 Å². The topological polar surface area (TPSA) is 139 Å². The average molecular weight is 613 g/mol. The van der Waals surface area contributed by atoms with E-state index < -0.39 is 57.6 Å². The van der Waals surface area contributed by atoms with Gasteiger partial charge < -0.3 is 19.9 Å². The summed E-state index contributed by atoms with van der Waals surface area (Å²) in [6.07, 6.45) is 0.426. The van der Waals surface area contributed by atoms with Gasteiger partial charge in [-0.15, -0.1) is 0 Å². The number of hydrogen-bond donors (Lipinski definition) is 1. The van der Waals surface area contributed by atoms with Crippen molar-refractivity contribution in [2.45, 2.75) is 17.5 Å². The number of rotatable bonds is 5. The van der Waals surface area contributed by atoms with E-state index in [2.05, 4.69) is 10.1 Å². The monoisotopic (exact) mass is 612 g/mol. The van der Waals surface area contributed by atoms with Gasteiger partial charge in [-0.1, -0.05) is 41.4 Å². The molecule has 6 rings (SSSR count). The molecule has 3 aromatic carbocycles. The maximum atomic E-state index is 15.8. The number of anilines is 2. The van der Waals surface area contributed by atoms with Crippen LogP contribution < -0.4 is 10.2 Å². The number of methoxy groups -OCH3 is 1. The Bertz CT molecular complexity index is 1740. The molecular weight excluding hydrogens is 594 g/mol. The molecule has 0 radical (unpaired) electrons. The zero-order valence-corrected chi connectivity index (χ0v) is 23.1. The van der Waals surface area contributed by atoms with Crippen LogP contribution in [-0.4, -0.2) is 53.7 Å². The number of nitro groups is 1. The van der Waals surface area contributed by atoms with Gasteiger partial charge in [-0.2, -0.15) is 0 Å². The number of carbonyl (C=O) groups is 4. The van der Waals surface area contributed by atoms with E-state index in [-0.39, 0.29) is 28.4 Å². The third-order valence-corrected chi connectivity index (χ3v) is 8.74. The van der Waals surface area contributed by atoms with Gasteiger partial charge in [-0.05, 0) is 35.9 Å². The average Bonchev–Trinajstić information content (AvgIpc) is 3.55. The summed E-state index contributed by atoms with van der Waals surface area (Å²) in [5.74, 6) is -5.53. The van der Waals surface area contributed by atoms with Crippen LogP contribution in [0.1, 0.15) is 27.4 Å². The Kier molecular flexibility index (Phi) is 6.43. The summed E-state index contributed by atoms with van der Waals surface area (Å²) in [7, 11) is 1.12. The molecule has 1 N–H and O–H groups in total. The summed E-state index contributed by atoms with van der Waals surface area (Å²) in [5.41, 5.74) is -2.12. The number of nitrogens with zero attached hydrogens (tertiary/aromatic N) is 3. The summed E-state index contributed by atoms with van der Waals surface area (Å²) < 4.78 is 20.4. The molecule has 214 valence electrons. The molecule has 3 amide bonds. The van der Waals surface area contributed by atoms with Crippen molar-refractivity contribution in [3.63, 3.8) is 0 Å². The Morgan fingerprint density at radius 3 is 2.64 bits per heavy atom. The highest BCUT2D eigenvalue weighted by molar-refractivity contribution is 6.31. The number of benzene rings is 3. The molecule has 3 aliphatic heterocycles. The molecule has 0 aromatic heterocycles. The number of nitro benzene ring substituents is 1. The van der Waals surface area contributed by atoms with E-state index in [0.717, 1.165) is 18.1 Å². The first-order chi connectivity index (χ1) is 20.1. The number of ether oxygens (including phenoxy) is 1. The molecule has 1 spiro atoms. The van der Waals surface area contributed by atoms with Crippen molar-refractivity contribution < 1.29 is 33.2 Å². The van der Waals surface area contributed by atoms with Crippen LogP contribution in [0, 0.1) is 21.8 Å². The van der Waals surface area contributed by atoms with E-state index in [9.17, 15) is 29.3 Å². The van der Waals surface area contributed by atoms with Crippen molar-refractivity contribution in [2.75, 3.05) is 23.9 Å². The van der Waals surface area contributed by atoms with Crippen LogP contribution in [0.4, 0.5) is 21.5 Å². The standard InChI is InChI=1S/C28H19Cl2FN4O7/c1-42-26(38)13-5-8-19(20(9-13)35(40)41)33-11-21-22(25(33)37)23(15-3-2-4-17(30)24(15)31)28(34(21)12-36)16-7-6-14(29)10-18(16)32-27(28)39/h2-10,12,21-23H,11H2,1H3,(H,32,39)/t21-,22+,23-,28+/m0/s1. The molecule has 14 heteroatoms. The quantitative estimate of drug-likeness (QED) is 0.196. The smallest absolute Gasteiger partial charge is 0.338 e. The highest BCUT2D eigenvalue weighted by Gasteiger charge is 2.71. The molecule has 2 fully saturated rings. The third kappa shape index (κ3) is 3.64. The van der Waals surface area contributed by atoms with E-state index in [1.165, 1.54) is 47.4 Å². The first kappa shape index (κ1) is 27.6. The Morgan fingerprint density at radius 2 is 1.95 bits per heavy atom. The van der Waals surface area contributed by atoms with Gasteiger partial charge in [0, 0.05) is 34.8 Å². The normalized spacial score (nSPS) is 24.0. The molecule has 2 saturated heterocycles. The van der Waals surface area contributed by atoms with Crippen molar-refractivity contribution in [2.24, 2.45) is 5.92 Å². The van der Waals surface area contributed by atoms with Crippen molar-refractivity contribution in [3.8, 4) is 0 Å². The van der Waals surface area contributed by atoms with E-state index in [1.807, 2.05) is 0 Å². The molecule has 0 bridgehead atoms. The molecule has 0 unspecified atom stereocenters. The zero-order valence-electron chi connectivity index (χ0n) is 21.5. The lowest BCUT2D eigenvalue weighted by molar-refractivity contribution is -0.384. The summed E-state index contributed by atoms with van der Waals surface area (Å²) in [6, 6.07) is 11.2.